The van der Waals surface area contributed by atoms with Gasteiger partial charge in [-0.05, 0) is 46.1 Å². The Hall–Kier alpha value is -1.69. The molecule has 0 radical (unpaired) electrons. The number of rotatable bonds is 11. The van der Waals surface area contributed by atoms with E-state index in [0.29, 0.717) is 0 Å². The van der Waals surface area contributed by atoms with Gasteiger partial charge in [-0.15, -0.1) is 10.2 Å². The third-order valence-corrected chi connectivity index (χ3v) is 4.33. The minimum atomic E-state index is 0.764. The van der Waals surface area contributed by atoms with E-state index in [1.54, 1.807) is 23.5 Å². The Kier molecular flexibility index (Phi) is 8.52. The fourth-order valence-corrected chi connectivity index (χ4v) is 2.85. The van der Waals surface area contributed by atoms with Crippen LogP contribution in [0.3, 0.4) is 0 Å². The van der Waals surface area contributed by atoms with Crippen LogP contribution in [0.5, 0.6) is 5.75 Å². The molecule has 0 aliphatic rings. The van der Waals surface area contributed by atoms with Crippen LogP contribution in [-0.4, -0.2) is 27.7 Å². The minimum Gasteiger partial charge on any atom is -0.492 e. The maximum absolute atomic E-state index is 5.85. The Morgan fingerprint density at radius 3 is 2.50 bits per heavy atom. The van der Waals surface area contributed by atoms with E-state index < -0.39 is 0 Å². The molecule has 1 aromatic heterocycles. The smallest absolute Gasteiger partial charge is 0.141 e. The van der Waals surface area contributed by atoms with Crippen LogP contribution in [0.4, 0.5) is 0 Å². The van der Waals surface area contributed by atoms with E-state index in [9.17, 15) is 0 Å². The van der Waals surface area contributed by atoms with Gasteiger partial charge in [0.05, 0.1) is 17.3 Å². The first-order valence-electron chi connectivity index (χ1n) is 8.61. The highest BCUT2D eigenvalue weighted by Gasteiger charge is 2.02. The van der Waals surface area contributed by atoms with Gasteiger partial charge in [0, 0.05) is 0 Å². The second kappa shape index (κ2) is 11.0. The van der Waals surface area contributed by atoms with Gasteiger partial charge in [-0.3, -0.25) is 0 Å². The molecule has 0 aliphatic carbocycles. The van der Waals surface area contributed by atoms with E-state index in [0.717, 1.165) is 28.8 Å². The lowest BCUT2D eigenvalue weighted by Crippen LogP contribution is -1.98. The Morgan fingerprint density at radius 1 is 1.08 bits per heavy atom. The molecule has 0 unspecified atom stereocenters. The number of hydrogen-bond donors (Lipinski definition) is 0. The highest BCUT2D eigenvalue weighted by Crippen LogP contribution is 2.25. The van der Waals surface area contributed by atoms with E-state index >= 15 is 0 Å². The number of nitrogens with zero attached hydrogens (tertiary/aromatic N) is 4. The molecule has 0 aliphatic heterocycles. The Balaban J connectivity index is 1.70. The van der Waals surface area contributed by atoms with Crippen molar-refractivity contribution in [3.63, 3.8) is 0 Å². The molecular formula is C18H25BrN4O. The quantitative estimate of drug-likeness (QED) is 0.396. The molecule has 0 spiro atoms. The van der Waals surface area contributed by atoms with Gasteiger partial charge < -0.3 is 4.74 Å². The van der Waals surface area contributed by atoms with Crippen molar-refractivity contribution in [2.24, 2.45) is 5.10 Å². The van der Waals surface area contributed by atoms with Gasteiger partial charge in [-0.25, -0.2) is 4.68 Å². The molecule has 0 N–H and O–H groups in total. The Morgan fingerprint density at radius 2 is 1.79 bits per heavy atom. The van der Waals surface area contributed by atoms with Crippen LogP contribution >= 0.6 is 15.9 Å². The molecular weight excluding hydrogens is 368 g/mol. The molecule has 0 saturated carbocycles. The van der Waals surface area contributed by atoms with Crippen molar-refractivity contribution < 1.29 is 4.74 Å². The number of hydrogen-bond acceptors (Lipinski definition) is 4. The predicted octanol–water partition coefficient (Wildman–Crippen LogP) is 5.05. The zero-order valence-corrected chi connectivity index (χ0v) is 15.8. The van der Waals surface area contributed by atoms with Crippen LogP contribution in [0.1, 0.15) is 57.4 Å². The van der Waals surface area contributed by atoms with Crippen molar-refractivity contribution in [1.82, 2.24) is 14.9 Å². The van der Waals surface area contributed by atoms with Crippen LogP contribution in [0, 0.1) is 0 Å². The molecule has 6 heteroatoms. The van der Waals surface area contributed by atoms with Crippen molar-refractivity contribution in [3.05, 3.63) is 40.9 Å². The van der Waals surface area contributed by atoms with E-state index in [-0.39, 0.29) is 0 Å². The SMILES string of the molecule is CCCCCCCCCOc1ccc(/C=N\n2cnnc2)cc1Br. The summed E-state index contributed by atoms with van der Waals surface area (Å²) in [6, 6.07) is 5.95. The number of aromatic nitrogens is 3. The molecule has 0 fully saturated rings. The molecule has 0 bridgehead atoms. The van der Waals surface area contributed by atoms with Crippen LogP contribution in [0.15, 0.2) is 40.4 Å². The summed E-state index contributed by atoms with van der Waals surface area (Å²) in [5.74, 6) is 0.877. The summed E-state index contributed by atoms with van der Waals surface area (Å²) < 4.78 is 8.35. The average molecular weight is 393 g/mol. The van der Waals surface area contributed by atoms with Crippen molar-refractivity contribution in [1.29, 1.82) is 0 Å². The molecule has 5 nitrogen and oxygen atoms in total. The first kappa shape index (κ1) is 18.6. The second-order valence-electron chi connectivity index (χ2n) is 5.75. The van der Waals surface area contributed by atoms with Gasteiger partial charge in [0.25, 0.3) is 0 Å². The number of unbranched alkanes of at least 4 members (excludes halogenated alkanes) is 6. The standard InChI is InChI=1S/C18H25BrN4O/c1-2-3-4-5-6-7-8-11-24-18-10-9-16(12-17(18)19)13-22-23-14-20-21-15-23/h9-10,12-15H,2-8,11H2,1H3/b22-13-. The molecule has 0 atom stereocenters. The van der Waals surface area contributed by atoms with Gasteiger partial charge in [-0.1, -0.05) is 45.4 Å². The molecule has 0 amide bonds. The molecule has 130 valence electrons. The van der Waals surface area contributed by atoms with Crippen molar-refractivity contribution in [2.45, 2.75) is 51.9 Å². The summed E-state index contributed by atoms with van der Waals surface area (Å²) in [7, 11) is 0. The highest BCUT2D eigenvalue weighted by molar-refractivity contribution is 9.10. The first-order valence-corrected chi connectivity index (χ1v) is 9.40. The third-order valence-electron chi connectivity index (χ3n) is 3.71. The number of benzene rings is 1. The lowest BCUT2D eigenvalue weighted by Gasteiger charge is -2.08. The molecule has 0 saturated heterocycles. The lowest BCUT2D eigenvalue weighted by atomic mass is 10.1. The van der Waals surface area contributed by atoms with Crippen LogP contribution < -0.4 is 4.74 Å². The van der Waals surface area contributed by atoms with Crippen molar-refractivity contribution in [3.8, 4) is 5.75 Å². The van der Waals surface area contributed by atoms with Crippen LogP contribution in [0.2, 0.25) is 0 Å². The predicted molar refractivity (Wildman–Crippen MR) is 101 cm³/mol. The normalized spacial score (nSPS) is 11.2. The second-order valence-corrected chi connectivity index (χ2v) is 6.60. The van der Waals surface area contributed by atoms with Gasteiger partial charge in [0.1, 0.15) is 18.4 Å². The number of ether oxygens (including phenoxy) is 1. The van der Waals surface area contributed by atoms with Gasteiger partial charge >= 0.3 is 0 Å². The average Bonchev–Trinajstić information content (AvgIpc) is 3.10. The maximum atomic E-state index is 5.85. The molecule has 24 heavy (non-hydrogen) atoms. The van der Waals surface area contributed by atoms with Gasteiger partial charge in [0.15, 0.2) is 0 Å². The molecule has 1 aromatic carbocycles. The van der Waals surface area contributed by atoms with E-state index in [1.807, 2.05) is 18.2 Å². The first-order chi connectivity index (χ1) is 11.8. The van der Waals surface area contributed by atoms with Crippen molar-refractivity contribution in [2.75, 3.05) is 6.61 Å². The summed E-state index contributed by atoms with van der Waals surface area (Å²) in [4.78, 5) is 0. The van der Waals surface area contributed by atoms with Crippen LogP contribution in [0.25, 0.3) is 0 Å². The minimum absolute atomic E-state index is 0.764. The molecule has 2 rings (SSSR count). The fourth-order valence-electron chi connectivity index (χ4n) is 2.34. The van der Waals surface area contributed by atoms with E-state index in [4.69, 9.17) is 4.74 Å². The zero-order valence-electron chi connectivity index (χ0n) is 14.2. The monoisotopic (exact) mass is 392 g/mol. The topological polar surface area (TPSA) is 52.3 Å². The highest BCUT2D eigenvalue weighted by atomic mass is 79.9. The van der Waals surface area contributed by atoms with Crippen molar-refractivity contribution >= 4 is 22.1 Å². The Labute approximate surface area is 152 Å². The van der Waals surface area contributed by atoms with Gasteiger partial charge in [-0.2, -0.15) is 5.10 Å². The summed E-state index contributed by atoms with van der Waals surface area (Å²) in [6.45, 7) is 3.01. The maximum Gasteiger partial charge on any atom is 0.141 e. The van der Waals surface area contributed by atoms with E-state index in [2.05, 4.69) is 38.2 Å². The largest absolute Gasteiger partial charge is 0.492 e. The zero-order chi connectivity index (χ0) is 17.0. The number of halogens is 1. The molecule has 2 aromatic rings. The lowest BCUT2D eigenvalue weighted by molar-refractivity contribution is 0.302. The Bertz CT molecular complexity index is 613. The fraction of sp³-hybridized carbons (Fsp3) is 0.500. The third kappa shape index (κ3) is 6.83. The summed E-state index contributed by atoms with van der Waals surface area (Å²) >= 11 is 3.56. The summed E-state index contributed by atoms with van der Waals surface area (Å²) in [5, 5.41) is 11.6. The van der Waals surface area contributed by atoms with Crippen LogP contribution in [-0.2, 0) is 0 Å². The summed E-state index contributed by atoms with van der Waals surface area (Å²) in [5.41, 5.74) is 0.985. The van der Waals surface area contributed by atoms with Gasteiger partial charge in [0.2, 0.25) is 0 Å². The molecule has 1 heterocycles. The van der Waals surface area contributed by atoms with E-state index in [1.165, 1.54) is 38.5 Å². The summed E-state index contributed by atoms with van der Waals surface area (Å²) in [6.07, 6.45) is 13.9.